The molecule has 1 aromatic carbocycles. The van der Waals surface area contributed by atoms with Gasteiger partial charge in [0.05, 0.1) is 11.1 Å². The van der Waals surface area contributed by atoms with Gasteiger partial charge in [0, 0.05) is 18.0 Å². The van der Waals surface area contributed by atoms with Crippen LogP contribution in [0.4, 0.5) is 0 Å². The second kappa shape index (κ2) is 8.29. The lowest BCUT2D eigenvalue weighted by molar-refractivity contribution is -0.145. The summed E-state index contributed by atoms with van der Waals surface area (Å²) in [5.41, 5.74) is 3.32. The van der Waals surface area contributed by atoms with E-state index in [2.05, 4.69) is 44.9 Å². The van der Waals surface area contributed by atoms with Crippen molar-refractivity contribution in [3.8, 4) is 11.1 Å². The molecular weight excluding hydrogens is 370 g/mol. The minimum Gasteiger partial charge on any atom is -0.455 e. The predicted octanol–water partition coefficient (Wildman–Crippen LogP) is 3.05. The molecule has 0 unspecified atom stereocenters. The normalized spacial score (nSPS) is 10.7. The number of thioether (sulfide) groups is 1. The fourth-order valence-electron chi connectivity index (χ4n) is 2.29. The number of aromatic nitrogens is 2. The van der Waals surface area contributed by atoms with Gasteiger partial charge in [0.2, 0.25) is 0 Å². The minimum atomic E-state index is -0.461. The highest BCUT2D eigenvalue weighted by atomic mass is 32.2. The van der Waals surface area contributed by atoms with E-state index < -0.39 is 5.97 Å². The SMILES string of the molecule is CNC(=O)COC(=O)CSc1ncnc2scc(-c3ccc(C)cc3)c12. The number of nitrogens with zero attached hydrogens (tertiary/aromatic N) is 2. The zero-order valence-electron chi connectivity index (χ0n) is 14.3. The molecule has 3 aromatic rings. The van der Waals surface area contributed by atoms with Gasteiger partial charge in [-0.15, -0.1) is 11.3 Å². The molecule has 0 saturated carbocycles. The van der Waals surface area contributed by atoms with Crippen molar-refractivity contribution in [1.82, 2.24) is 15.3 Å². The highest BCUT2D eigenvalue weighted by Gasteiger charge is 2.15. The van der Waals surface area contributed by atoms with E-state index in [1.807, 2.05) is 6.92 Å². The van der Waals surface area contributed by atoms with E-state index in [0.717, 1.165) is 26.4 Å². The number of ether oxygens (including phenoxy) is 1. The van der Waals surface area contributed by atoms with Crippen molar-refractivity contribution in [3.05, 3.63) is 41.5 Å². The third-order valence-corrected chi connectivity index (χ3v) is 5.52. The number of likely N-dealkylation sites (N-methyl/N-ethyl adjacent to an activating group) is 1. The first-order valence-corrected chi connectivity index (χ1v) is 9.73. The van der Waals surface area contributed by atoms with Crippen molar-refractivity contribution < 1.29 is 14.3 Å². The Labute approximate surface area is 159 Å². The molecule has 2 heterocycles. The zero-order chi connectivity index (χ0) is 18.5. The molecule has 0 bridgehead atoms. The number of hydrogen-bond donors (Lipinski definition) is 1. The fraction of sp³-hybridized carbons (Fsp3) is 0.222. The molecule has 0 aliphatic heterocycles. The third kappa shape index (κ3) is 4.20. The van der Waals surface area contributed by atoms with Gasteiger partial charge in [-0.05, 0) is 12.5 Å². The smallest absolute Gasteiger partial charge is 0.316 e. The molecule has 0 spiro atoms. The number of hydrogen-bond acceptors (Lipinski definition) is 7. The maximum absolute atomic E-state index is 11.8. The van der Waals surface area contributed by atoms with Crippen LogP contribution >= 0.6 is 23.1 Å². The molecule has 2 aromatic heterocycles. The molecular formula is C18H17N3O3S2. The Morgan fingerprint density at radius 2 is 2.00 bits per heavy atom. The number of aryl methyl sites for hydroxylation is 1. The summed E-state index contributed by atoms with van der Waals surface area (Å²) in [6.07, 6.45) is 1.50. The molecule has 6 nitrogen and oxygen atoms in total. The molecule has 1 N–H and O–H groups in total. The van der Waals surface area contributed by atoms with E-state index in [9.17, 15) is 9.59 Å². The van der Waals surface area contributed by atoms with E-state index in [1.165, 1.54) is 30.7 Å². The lowest BCUT2D eigenvalue weighted by Gasteiger charge is -2.06. The van der Waals surface area contributed by atoms with Gasteiger partial charge in [-0.25, -0.2) is 9.97 Å². The van der Waals surface area contributed by atoms with Crippen LogP contribution in [-0.4, -0.2) is 41.3 Å². The Hall–Kier alpha value is -2.45. The van der Waals surface area contributed by atoms with Crippen LogP contribution in [0, 0.1) is 6.92 Å². The van der Waals surface area contributed by atoms with Crippen LogP contribution < -0.4 is 5.32 Å². The highest BCUT2D eigenvalue weighted by molar-refractivity contribution is 8.00. The van der Waals surface area contributed by atoms with Gasteiger partial charge in [-0.1, -0.05) is 41.6 Å². The second-order valence-corrected chi connectivity index (χ2v) is 7.32. The molecule has 0 aliphatic carbocycles. The Balaban J connectivity index is 1.80. The summed E-state index contributed by atoms with van der Waals surface area (Å²) in [6, 6.07) is 8.25. The topological polar surface area (TPSA) is 81.2 Å². The summed E-state index contributed by atoms with van der Waals surface area (Å²) in [5, 5.41) is 6.12. The van der Waals surface area contributed by atoms with Crippen molar-refractivity contribution in [2.24, 2.45) is 0 Å². The Bertz CT molecular complexity index is 939. The van der Waals surface area contributed by atoms with Gasteiger partial charge in [0.15, 0.2) is 6.61 Å². The van der Waals surface area contributed by atoms with Crippen molar-refractivity contribution in [2.75, 3.05) is 19.4 Å². The van der Waals surface area contributed by atoms with Gasteiger partial charge < -0.3 is 10.1 Å². The molecule has 134 valence electrons. The molecule has 3 rings (SSSR count). The first-order chi connectivity index (χ1) is 12.6. The average molecular weight is 387 g/mol. The number of fused-ring (bicyclic) bond motifs is 1. The maximum atomic E-state index is 11.8. The van der Waals surface area contributed by atoms with E-state index in [-0.39, 0.29) is 18.3 Å². The molecule has 26 heavy (non-hydrogen) atoms. The third-order valence-electron chi connectivity index (χ3n) is 3.67. The monoisotopic (exact) mass is 387 g/mol. The number of amides is 1. The Kier molecular flexibility index (Phi) is 5.85. The number of rotatable bonds is 6. The first-order valence-electron chi connectivity index (χ1n) is 7.86. The molecule has 8 heteroatoms. The molecule has 0 radical (unpaired) electrons. The van der Waals surface area contributed by atoms with Crippen molar-refractivity contribution in [3.63, 3.8) is 0 Å². The van der Waals surface area contributed by atoms with Crippen LogP contribution in [0.3, 0.4) is 0 Å². The van der Waals surface area contributed by atoms with Crippen LogP contribution in [0.15, 0.2) is 41.0 Å². The van der Waals surface area contributed by atoms with Crippen LogP contribution in [0.5, 0.6) is 0 Å². The number of benzene rings is 1. The van der Waals surface area contributed by atoms with Gasteiger partial charge >= 0.3 is 5.97 Å². The summed E-state index contributed by atoms with van der Waals surface area (Å²) in [7, 11) is 1.49. The largest absolute Gasteiger partial charge is 0.455 e. The van der Waals surface area contributed by atoms with Crippen LogP contribution in [0.1, 0.15) is 5.56 Å². The number of nitrogens with one attached hydrogen (secondary N) is 1. The van der Waals surface area contributed by atoms with Crippen molar-refractivity contribution >= 4 is 45.2 Å². The van der Waals surface area contributed by atoms with Gasteiger partial charge in [0.25, 0.3) is 5.91 Å². The predicted molar refractivity (Wildman–Crippen MR) is 103 cm³/mol. The number of esters is 1. The molecule has 1 amide bonds. The number of carbonyl (C=O) groups is 2. The average Bonchev–Trinajstić information content (AvgIpc) is 3.09. The van der Waals surface area contributed by atoms with Crippen LogP contribution in [0.2, 0.25) is 0 Å². The zero-order valence-corrected chi connectivity index (χ0v) is 15.9. The molecule has 0 fully saturated rings. The summed E-state index contributed by atoms with van der Waals surface area (Å²) in [4.78, 5) is 32.5. The standard InChI is InChI=1S/C18H17N3O3S2/c1-11-3-5-12(6-4-11)13-8-25-17-16(13)18(21-10-20-17)26-9-15(23)24-7-14(22)19-2/h3-6,8,10H,7,9H2,1-2H3,(H,19,22). The van der Waals surface area contributed by atoms with Gasteiger partial charge in [0.1, 0.15) is 16.2 Å². The second-order valence-electron chi connectivity index (χ2n) is 5.50. The quantitative estimate of drug-likeness (QED) is 0.398. The summed E-state index contributed by atoms with van der Waals surface area (Å²) < 4.78 is 4.93. The molecule has 0 saturated heterocycles. The lowest BCUT2D eigenvalue weighted by atomic mass is 10.1. The lowest BCUT2D eigenvalue weighted by Crippen LogP contribution is -2.25. The molecule has 0 atom stereocenters. The minimum absolute atomic E-state index is 0.0757. The van der Waals surface area contributed by atoms with Crippen molar-refractivity contribution in [1.29, 1.82) is 0 Å². The van der Waals surface area contributed by atoms with Crippen molar-refractivity contribution in [2.45, 2.75) is 11.9 Å². The first kappa shape index (κ1) is 18.3. The van der Waals surface area contributed by atoms with E-state index in [1.54, 1.807) is 11.3 Å². The van der Waals surface area contributed by atoms with E-state index in [0.29, 0.717) is 0 Å². The Morgan fingerprint density at radius 3 is 2.73 bits per heavy atom. The summed E-state index contributed by atoms with van der Waals surface area (Å²) >= 11 is 2.83. The fourth-order valence-corrected chi connectivity index (χ4v) is 4.08. The Morgan fingerprint density at radius 1 is 1.23 bits per heavy atom. The summed E-state index contributed by atoms with van der Waals surface area (Å²) in [6.45, 7) is 1.77. The van der Waals surface area contributed by atoms with E-state index >= 15 is 0 Å². The summed E-state index contributed by atoms with van der Waals surface area (Å²) in [5.74, 6) is -0.725. The van der Waals surface area contributed by atoms with Crippen LogP contribution in [0.25, 0.3) is 21.3 Å². The molecule has 0 aliphatic rings. The maximum Gasteiger partial charge on any atom is 0.316 e. The number of carbonyl (C=O) groups excluding carboxylic acids is 2. The van der Waals surface area contributed by atoms with Gasteiger partial charge in [-0.2, -0.15) is 0 Å². The highest BCUT2D eigenvalue weighted by Crippen LogP contribution is 2.37. The van der Waals surface area contributed by atoms with Gasteiger partial charge in [-0.3, -0.25) is 9.59 Å². The van der Waals surface area contributed by atoms with Crippen LogP contribution in [-0.2, 0) is 14.3 Å². The van der Waals surface area contributed by atoms with E-state index in [4.69, 9.17) is 4.74 Å². The number of thiophene rings is 1.